The Morgan fingerprint density at radius 2 is 2.15 bits per heavy atom. The minimum atomic E-state index is -0.962. The minimum absolute atomic E-state index is 0.0757. The van der Waals surface area contributed by atoms with E-state index in [1.165, 1.54) is 0 Å². The predicted octanol–water partition coefficient (Wildman–Crippen LogP) is 2.14. The number of nitrogens with two attached hydrogens (primary N) is 1. The third kappa shape index (κ3) is 3.11. The molecule has 1 heterocycles. The van der Waals surface area contributed by atoms with Gasteiger partial charge < -0.3 is 16.0 Å². The van der Waals surface area contributed by atoms with E-state index in [0.717, 1.165) is 6.42 Å². The molecule has 0 saturated carbocycles. The maximum atomic E-state index is 11.8. The molecule has 0 aromatic heterocycles. The summed E-state index contributed by atoms with van der Waals surface area (Å²) in [5.41, 5.74) is 6.00. The van der Waals surface area contributed by atoms with Crippen LogP contribution in [0.4, 0.5) is 11.4 Å². The summed E-state index contributed by atoms with van der Waals surface area (Å²) in [5.74, 6) is -0.217. The zero-order chi connectivity index (χ0) is 14.9. The number of nitrogens with zero attached hydrogens (tertiary/aromatic N) is 1. The number of halogens is 1. The predicted molar refractivity (Wildman–Crippen MR) is 79.9 cm³/mol. The highest BCUT2D eigenvalue weighted by Gasteiger charge is 2.25. The lowest BCUT2D eigenvalue weighted by atomic mass is 10.1. The van der Waals surface area contributed by atoms with E-state index in [2.05, 4.69) is 5.32 Å². The Labute approximate surface area is 123 Å². The van der Waals surface area contributed by atoms with Crippen molar-refractivity contribution in [1.29, 1.82) is 0 Å². The zero-order valence-electron chi connectivity index (χ0n) is 11.6. The maximum Gasteiger partial charge on any atom is 0.243 e. The van der Waals surface area contributed by atoms with Crippen molar-refractivity contribution in [3.8, 4) is 0 Å². The largest absolute Gasteiger partial charge is 0.324 e. The van der Waals surface area contributed by atoms with Crippen LogP contribution in [-0.4, -0.2) is 23.9 Å². The number of nitrogens with one attached hydrogen (secondary N) is 1. The summed E-state index contributed by atoms with van der Waals surface area (Å²) in [6.07, 6.45) is 1.39. The van der Waals surface area contributed by atoms with Crippen molar-refractivity contribution >= 4 is 34.8 Å². The van der Waals surface area contributed by atoms with Crippen molar-refractivity contribution in [2.45, 2.75) is 32.2 Å². The van der Waals surface area contributed by atoms with Crippen LogP contribution in [0.15, 0.2) is 18.2 Å². The van der Waals surface area contributed by atoms with Gasteiger partial charge >= 0.3 is 0 Å². The van der Waals surface area contributed by atoms with Crippen molar-refractivity contribution in [2.75, 3.05) is 16.8 Å². The highest BCUT2D eigenvalue weighted by molar-refractivity contribution is 6.34. The molecule has 0 bridgehead atoms. The van der Waals surface area contributed by atoms with Gasteiger partial charge in [0.05, 0.1) is 16.2 Å². The number of benzene rings is 1. The second-order valence-electron chi connectivity index (χ2n) is 5.49. The molecule has 20 heavy (non-hydrogen) atoms. The molecule has 0 aliphatic carbocycles. The third-order valence-corrected chi connectivity index (χ3v) is 3.46. The van der Waals surface area contributed by atoms with Gasteiger partial charge in [-0.15, -0.1) is 0 Å². The molecule has 2 amide bonds. The fourth-order valence-electron chi connectivity index (χ4n) is 2.00. The van der Waals surface area contributed by atoms with Gasteiger partial charge in [-0.1, -0.05) is 11.6 Å². The minimum Gasteiger partial charge on any atom is -0.324 e. The van der Waals surface area contributed by atoms with Crippen molar-refractivity contribution in [2.24, 2.45) is 5.73 Å². The Morgan fingerprint density at radius 1 is 1.45 bits per heavy atom. The van der Waals surface area contributed by atoms with Gasteiger partial charge in [0.15, 0.2) is 0 Å². The summed E-state index contributed by atoms with van der Waals surface area (Å²) < 4.78 is 0. The molecule has 2 rings (SSSR count). The first-order chi connectivity index (χ1) is 9.29. The fraction of sp³-hybridized carbons (Fsp3) is 0.429. The van der Waals surface area contributed by atoms with E-state index >= 15 is 0 Å². The molecule has 1 aromatic carbocycles. The molecule has 0 radical (unpaired) electrons. The van der Waals surface area contributed by atoms with Crippen molar-refractivity contribution in [1.82, 2.24) is 0 Å². The molecule has 1 fully saturated rings. The summed E-state index contributed by atoms with van der Waals surface area (Å²) in [6.45, 7) is 3.93. The molecule has 1 aliphatic rings. The molecule has 0 spiro atoms. The molecule has 6 heteroatoms. The van der Waals surface area contributed by atoms with Gasteiger partial charge in [0, 0.05) is 18.7 Å². The van der Waals surface area contributed by atoms with Gasteiger partial charge in [0.2, 0.25) is 11.8 Å². The second kappa shape index (κ2) is 5.42. The highest BCUT2D eigenvalue weighted by atomic mass is 35.5. The van der Waals surface area contributed by atoms with Gasteiger partial charge in [0.1, 0.15) is 0 Å². The first-order valence-corrected chi connectivity index (χ1v) is 6.87. The van der Waals surface area contributed by atoms with E-state index in [0.29, 0.717) is 29.4 Å². The van der Waals surface area contributed by atoms with E-state index < -0.39 is 5.54 Å². The molecular formula is C14H18ClN3O2. The fourth-order valence-corrected chi connectivity index (χ4v) is 2.28. The van der Waals surface area contributed by atoms with E-state index in [1.807, 2.05) is 0 Å². The van der Waals surface area contributed by atoms with E-state index in [-0.39, 0.29) is 11.8 Å². The number of hydrogen-bond acceptors (Lipinski definition) is 3. The lowest BCUT2D eigenvalue weighted by Gasteiger charge is -2.20. The molecule has 1 aromatic rings. The summed E-state index contributed by atoms with van der Waals surface area (Å²) in [6, 6.07) is 5.09. The molecule has 0 unspecified atom stereocenters. The Morgan fingerprint density at radius 3 is 2.65 bits per heavy atom. The van der Waals surface area contributed by atoms with Gasteiger partial charge in [-0.3, -0.25) is 9.59 Å². The maximum absolute atomic E-state index is 11.8. The monoisotopic (exact) mass is 295 g/mol. The summed E-state index contributed by atoms with van der Waals surface area (Å²) in [4.78, 5) is 25.2. The molecule has 0 atom stereocenters. The van der Waals surface area contributed by atoms with E-state index in [4.69, 9.17) is 17.3 Å². The molecule has 1 saturated heterocycles. The van der Waals surface area contributed by atoms with Crippen LogP contribution in [0, 0.1) is 0 Å². The van der Waals surface area contributed by atoms with Crippen LogP contribution in [0.25, 0.3) is 0 Å². The number of carbonyl (C=O) groups excluding carboxylic acids is 2. The van der Waals surface area contributed by atoms with Crippen LogP contribution in [0.1, 0.15) is 26.7 Å². The standard InChI is InChI=1S/C14H18ClN3O2/c1-14(2,16)13(20)17-9-5-6-11(10(15)8-9)18-7-3-4-12(18)19/h5-6,8H,3-4,7,16H2,1-2H3,(H,17,20). The van der Waals surface area contributed by atoms with Crippen molar-refractivity contribution < 1.29 is 9.59 Å². The summed E-state index contributed by atoms with van der Waals surface area (Å²) >= 11 is 6.20. The number of rotatable bonds is 3. The quantitative estimate of drug-likeness (QED) is 0.897. The van der Waals surface area contributed by atoms with Crippen LogP contribution in [0.5, 0.6) is 0 Å². The zero-order valence-corrected chi connectivity index (χ0v) is 12.3. The van der Waals surface area contributed by atoms with E-state index in [1.54, 1.807) is 36.9 Å². The van der Waals surface area contributed by atoms with Crippen LogP contribution >= 0.6 is 11.6 Å². The van der Waals surface area contributed by atoms with E-state index in [9.17, 15) is 9.59 Å². The number of amides is 2. The highest BCUT2D eigenvalue weighted by Crippen LogP contribution is 2.31. The first kappa shape index (κ1) is 14.8. The molecule has 3 N–H and O–H groups in total. The number of hydrogen-bond donors (Lipinski definition) is 2. The Hall–Kier alpha value is -1.59. The van der Waals surface area contributed by atoms with Gasteiger partial charge in [0.25, 0.3) is 0 Å². The SMILES string of the molecule is CC(C)(N)C(=O)Nc1ccc(N2CCCC2=O)c(Cl)c1. The third-order valence-electron chi connectivity index (χ3n) is 3.15. The first-order valence-electron chi connectivity index (χ1n) is 6.49. The second-order valence-corrected chi connectivity index (χ2v) is 5.90. The smallest absolute Gasteiger partial charge is 0.243 e. The van der Waals surface area contributed by atoms with Crippen LogP contribution in [-0.2, 0) is 9.59 Å². The van der Waals surface area contributed by atoms with Crippen molar-refractivity contribution in [3.05, 3.63) is 23.2 Å². The van der Waals surface area contributed by atoms with Gasteiger partial charge in [-0.05, 0) is 38.5 Å². The normalized spacial score (nSPS) is 15.6. The Bertz CT molecular complexity index is 552. The Balaban J connectivity index is 2.18. The van der Waals surface area contributed by atoms with Crippen LogP contribution < -0.4 is 16.0 Å². The van der Waals surface area contributed by atoms with Gasteiger partial charge in [-0.25, -0.2) is 0 Å². The average molecular weight is 296 g/mol. The number of anilines is 2. The van der Waals surface area contributed by atoms with Crippen LogP contribution in [0.2, 0.25) is 5.02 Å². The van der Waals surface area contributed by atoms with Crippen molar-refractivity contribution in [3.63, 3.8) is 0 Å². The molecule has 5 nitrogen and oxygen atoms in total. The van der Waals surface area contributed by atoms with Gasteiger partial charge in [-0.2, -0.15) is 0 Å². The summed E-state index contributed by atoms with van der Waals surface area (Å²) in [7, 11) is 0. The lowest BCUT2D eigenvalue weighted by molar-refractivity contribution is -0.120. The number of carbonyl (C=O) groups is 2. The molecular weight excluding hydrogens is 278 g/mol. The topological polar surface area (TPSA) is 75.4 Å². The van der Waals surface area contributed by atoms with Crippen LogP contribution in [0.3, 0.4) is 0 Å². The summed E-state index contributed by atoms with van der Waals surface area (Å²) in [5, 5.41) is 3.14. The lowest BCUT2D eigenvalue weighted by Crippen LogP contribution is -2.45. The Kier molecular flexibility index (Phi) is 4.01. The average Bonchev–Trinajstić information content (AvgIpc) is 2.74. The molecule has 108 valence electrons. The molecule has 1 aliphatic heterocycles.